The molecule has 2 amide bonds. The van der Waals surface area contributed by atoms with Crippen molar-refractivity contribution >= 4 is 40.5 Å². The maximum Gasteiger partial charge on any atom is 0.416 e. The number of piperidine rings is 1. The molecule has 2 aliphatic rings. The summed E-state index contributed by atoms with van der Waals surface area (Å²) in [6, 6.07) is 6.01. The zero-order valence-corrected chi connectivity index (χ0v) is 29.3. The number of rotatable bonds is 7. The largest absolute Gasteiger partial charge is 0.494 e. The van der Waals surface area contributed by atoms with Crippen LogP contribution in [0.5, 0.6) is 11.5 Å². The van der Waals surface area contributed by atoms with Gasteiger partial charge in [0.05, 0.1) is 37.4 Å². The van der Waals surface area contributed by atoms with Crippen LogP contribution >= 0.6 is 0 Å². The highest BCUT2D eigenvalue weighted by atomic mass is 19.1. The molecule has 52 heavy (non-hydrogen) atoms. The molecule has 0 spiro atoms. The number of oxazole rings is 1. The number of anilines is 3. The van der Waals surface area contributed by atoms with Crippen molar-refractivity contribution in [2.45, 2.75) is 52.7 Å². The van der Waals surface area contributed by atoms with Crippen LogP contribution in [0.25, 0.3) is 28.4 Å². The number of fused-ring (bicyclic) bond motifs is 2. The average Bonchev–Trinajstić information content (AvgIpc) is 3.79. The second-order valence-electron chi connectivity index (χ2n) is 13.7. The van der Waals surface area contributed by atoms with Gasteiger partial charge in [-0.2, -0.15) is 9.78 Å². The molecule has 17 heteroatoms. The van der Waals surface area contributed by atoms with Crippen LogP contribution in [-0.2, 0) is 16.1 Å². The Morgan fingerprint density at radius 1 is 1.08 bits per heavy atom. The molecule has 1 aromatic carbocycles. The van der Waals surface area contributed by atoms with Crippen molar-refractivity contribution in [3.63, 3.8) is 0 Å². The fourth-order valence-corrected chi connectivity index (χ4v) is 6.21. The minimum atomic E-state index is -0.740. The Bertz CT molecular complexity index is 2140. The average molecular weight is 716 g/mol. The number of nitrogens with one attached hydrogen (secondary N) is 1. The van der Waals surface area contributed by atoms with E-state index in [-0.39, 0.29) is 36.6 Å². The first-order valence-electron chi connectivity index (χ1n) is 16.7. The van der Waals surface area contributed by atoms with Gasteiger partial charge < -0.3 is 34.0 Å². The SMILES string of the molecule is COc1cc(NC(=O)C2(C)CCN(c3nc4c(nc3CO)c(-c3ccnc5c3OCCN5C(=O)OC(C)(C)C)nn4-c3ncco3)CC2)ccc1F. The number of hydrogen-bond donors (Lipinski definition) is 2. The van der Waals surface area contributed by atoms with E-state index in [2.05, 4.69) is 15.3 Å². The fraction of sp³-hybridized carbons (Fsp3) is 0.400. The normalized spacial score (nSPS) is 15.6. The number of benzene rings is 1. The zero-order valence-electron chi connectivity index (χ0n) is 29.3. The Morgan fingerprint density at radius 2 is 1.87 bits per heavy atom. The van der Waals surface area contributed by atoms with Crippen molar-refractivity contribution in [2.75, 3.05) is 48.5 Å². The molecule has 0 unspecified atom stereocenters. The summed E-state index contributed by atoms with van der Waals surface area (Å²) < 4.78 is 37.7. The van der Waals surface area contributed by atoms with Gasteiger partial charge in [-0.15, -0.1) is 0 Å². The molecule has 2 aliphatic heterocycles. The first kappa shape index (κ1) is 34.6. The van der Waals surface area contributed by atoms with Crippen LogP contribution in [0.3, 0.4) is 0 Å². The molecule has 0 aliphatic carbocycles. The predicted octanol–water partition coefficient (Wildman–Crippen LogP) is 4.88. The van der Waals surface area contributed by atoms with Crippen LogP contribution in [-0.4, -0.2) is 85.8 Å². The van der Waals surface area contributed by atoms with E-state index in [0.717, 1.165) is 0 Å². The van der Waals surface area contributed by atoms with Gasteiger partial charge in [-0.3, -0.25) is 9.69 Å². The monoisotopic (exact) mass is 715 g/mol. The van der Waals surface area contributed by atoms with E-state index in [9.17, 15) is 19.1 Å². The summed E-state index contributed by atoms with van der Waals surface area (Å²) in [4.78, 5) is 48.5. The number of halogens is 1. The smallest absolute Gasteiger partial charge is 0.416 e. The second kappa shape index (κ2) is 13.4. The highest BCUT2D eigenvalue weighted by Gasteiger charge is 2.39. The molecule has 7 rings (SSSR count). The second-order valence-corrected chi connectivity index (χ2v) is 13.7. The summed E-state index contributed by atoms with van der Waals surface area (Å²) in [6.07, 6.45) is 4.79. The third-order valence-corrected chi connectivity index (χ3v) is 9.00. The zero-order chi connectivity index (χ0) is 36.8. The van der Waals surface area contributed by atoms with E-state index in [4.69, 9.17) is 33.7 Å². The van der Waals surface area contributed by atoms with Crippen LogP contribution in [0.15, 0.2) is 47.3 Å². The van der Waals surface area contributed by atoms with Gasteiger partial charge in [-0.1, -0.05) is 6.92 Å². The molecule has 1 saturated heterocycles. The van der Waals surface area contributed by atoms with Gasteiger partial charge in [0.2, 0.25) is 5.91 Å². The van der Waals surface area contributed by atoms with Crippen molar-refractivity contribution in [3.8, 4) is 28.8 Å². The lowest BCUT2D eigenvalue weighted by Crippen LogP contribution is -2.45. The summed E-state index contributed by atoms with van der Waals surface area (Å²) in [5.41, 5.74) is 0.718. The van der Waals surface area contributed by atoms with Crippen LogP contribution in [0.2, 0.25) is 0 Å². The summed E-state index contributed by atoms with van der Waals surface area (Å²) in [5.74, 6) is 0.306. The molecular formula is C35H38FN9O7. The number of methoxy groups -OCH3 is 1. The van der Waals surface area contributed by atoms with Crippen molar-refractivity contribution in [1.82, 2.24) is 29.7 Å². The van der Waals surface area contributed by atoms with Crippen LogP contribution in [0.4, 0.5) is 26.5 Å². The molecule has 272 valence electrons. The van der Waals surface area contributed by atoms with E-state index in [1.54, 1.807) is 33.0 Å². The summed E-state index contributed by atoms with van der Waals surface area (Å²) >= 11 is 0. The number of carbonyl (C=O) groups excluding carboxylic acids is 2. The first-order valence-corrected chi connectivity index (χ1v) is 16.7. The molecule has 0 bridgehead atoms. The Kier molecular flexibility index (Phi) is 8.90. The van der Waals surface area contributed by atoms with Gasteiger partial charge in [0.15, 0.2) is 34.6 Å². The first-order chi connectivity index (χ1) is 24.9. The maximum atomic E-state index is 13.9. The topological polar surface area (TPSA) is 183 Å². The number of nitrogens with zero attached hydrogens (tertiary/aromatic N) is 8. The van der Waals surface area contributed by atoms with Gasteiger partial charge >= 0.3 is 12.1 Å². The number of aliphatic hydroxyl groups excluding tert-OH is 1. The van der Waals surface area contributed by atoms with Crippen molar-refractivity contribution in [2.24, 2.45) is 5.41 Å². The molecule has 4 aromatic heterocycles. The van der Waals surface area contributed by atoms with Crippen molar-refractivity contribution in [1.29, 1.82) is 0 Å². The third kappa shape index (κ3) is 6.42. The number of amides is 2. The lowest BCUT2D eigenvalue weighted by atomic mass is 9.79. The van der Waals surface area contributed by atoms with E-state index < -0.39 is 29.5 Å². The number of carbonyl (C=O) groups is 2. The quantitative estimate of drug-likeness (QED) is 0.233. The number of aromatic nitrogens is 6. The minimum absolute atomic E-state index is 0.0366. The molecular weight excluding hydrogens is 677 g/mol. The van der Waals surface area contributed by atoms with Gasteiger partial charge in [0.25, 0.3) is 0 Å². The van der Waals surface area contributed by atoms with Crippen LogP contribution < -0.4 is 24.6 Å². The van der Waals surface area contributed by atoms with Gasteiger partial charge in [0, 0.05) is 31.0 Å². The highest BCUT2D eigenvalue weighted by Crippen LogP contribution is 2.42. The summed E-state index contributed by atoms with van der Waals surface area (Å²) in [6.45, 7) is 8.09. The summed E-state index contributed by atoms with van der Waals surface area (Å²) in [7, 11) is 1.36. The Morgan fingerprint density at radius 3 is 2.56 bits per heavy atom. The Balaban J connectivity index is 1.22. The lowest BCUT2D eigenvalue weighted by molar-refractivity contribution is -0.125. The van der Waals surface area contributed by atoms with Gasteiger partial charge in [0.1, 0.15) is 35.4 Å². The third-order valence-electron chi connectivity index (χ3n) is 9.00. The molecule has 6 heterocycles. The van der Waals surface area contributed by atoms with E-state index >= 15 is 0 Å². The van der Waals surface area contributed by atoms with Gasteiger partial charge in [-0.25, -0.2) is 29.1 Å². The van der Waals surface area contributed by atoms with E-state index in [1.807, 2.05) is 11.8 Å². The molecule has 1 fully saturated rings. The summed E-state index contributed by atoms with van der Waals surface area (Å²) in [5, 5.41) is 18.3. The minimum Gasteiger partial charge on any atom is -0.494 e. The van der Waals surface area contributed by atoms with Crippen LogP contribution in [0.1, 0.15) is 46.2 Å². The lowest BCUT2D eigenvalue weighted by Gasteiger charge is -2.39. The van der Waals surface area contributed by atoms with E-state index in [1.165, 1.54) is 47.4 Å². The predicted molar refractivity (Wildman–Crippen MR) is 186 cm³/mol. The molecule has 5 aromatic rings. The fourth-order valence-electron chi connectivity index (χ4n) is 6.21. The molecule has 2 N–H and O–H groups in total. The van der Waals surface area contributed by atoms with Gasteiger partial charge in [-0.05, 0) is 51.8 Å². The Labute approximate surface area is 297 Å². The number of pyridine rings is 1. The molecule has 0 radical (unpaired) electrons. The number of aliphatic hydroxyl groups is 1. The molecule has 0 saturated carbocycles. The van der Waals surface area contributed by atoms with Crippen molar-refractivity contribution < 1.29 is 37.7 Å². The number of hydrogen-bond acceptors (Lipinski definition) is 13. The highest BCUT2D eigenvalue weighted by molar-refractivity contribution is 5.97. The van der Waals surface area contributed by atoms with Crippen molar-refractivity contribution in [3.05, 3.63) is 54.4 Å². The standard InChI is InChI=1S/C35H38FN9O7/c1-34(2,3)52-33(48)44-15-17-50-27-21(8-11-37-30(27)44)25-26-29(45(42-25)32-38-12-16-51-32)41-28(23(19-46)40-26)43-13-9-35(4,10-14-43)31(47)39-20-6-7-22(36)24(18-20)49-5/h6-8,11-12,16,18,46H,9-10,13-15,17,19H2,1-5H3,(H,39,47). The van der Waals surface area contributed by atoms with E-state index in [0.29, 0.717) is 71.3 Å². The van der Waals surface area contributed by atoms with Crippen LogP contribution in [0, 0.1) is 11.2 Å². The number of ether oxygens (including phenoxy) is 3. The Hall–Kier alpha value is -5.84. The maximum absolute atomic E-state index is 13.9. The molecule has 0 atom stereocenters. The molecule has 16 nitrogen and oxygen atoms in total.